The fourth-order valence-corrected chi connectivity index (χ4v) is 4.29. The predicted molar refractivity (Wildman–Crippen MR) is 119 cm³/mol. The van der Waals surface area contributed by atoms with Crippen LogP contribution in [0.1, 0.15) is 17.1 Å². The topological polar surface area (TPSA) is 74.1 Å². The standard InChI is InChI=1S/C23H26N6O/c1-14-18(6-5-7-24-14)19-12-17(21-15(2)27-30-16(21)3)13-20-22(19)26-23(25-20)29-10-8-28(4)9-11-29/h5-7,12-13H,8-11H2,1-4H3,(H,25,26). The molecule has 4 heterocycles. The molecule has 3 aromatic heterocycles. The number of likely N-dealkylation sites (N-methyl/N-ethyl adjacent to an activating group) is 1. The molecule has 4 aromatic rings. The van der Waals surface area contributed by atoms with Gasteiger partial charge in [0, 0.05) is 54.8 Å². The lowest BCUT2D eigenvalue weighted by Gasteiger charge is -2.32. The first-order chi connectivity index (χ1) is 14.5. The van der Waals surface area contributed by atoms with Crippen LogP contribution in [-0.4, -0.2) is 58.2 Å². The van der Waals surface area contributed by atoms with Crippen molar-refractivity contribution >= 4 is 17.0 Å². The van der Waals surface area contributed by atoms with E-state index in [1.165, 1.54) is 0 Å². The second-order valence-corrected chi connectivity index (χ2v) is 8.11. The molecule has 0 radical (unpaired) electrons. The quantitative estimate of drug-likeness (QED) is 0.559. The number of hydrogen-bond donors (Lipinski definition) is 1. The molecule has 5 rings (SSSR count). The number of piperazine rings is 1. The number of fused-ring (bicyclic) bond motifs is 1. The second-order valence-electron chi connectivity index (χ2n) is 8.11. The van der Waals surface area contributed by atoms with Crippen molar-refractivity contribution in [2.75, 3.05) is 38.1 Å². The zero-order valence-electron chi connectivity index (χ0n) is 17.9. The molecule has 0 spiro atoms. The van der Waals surface area contributed by atoms with Crippen LogP contribution in [0.4, 0.5) is 5.95 Å². The highest BCUT2D eigenvalue weighted by Gasteiger charge is 2.21. The molecule has 0 unspecified atom stereocenters. The monoisotopic (exact) mass is 402 g/mol. The summed E-state index contributed by atoms with van der Waals surface area (Å²) in [5.41, 5.74) is 8.13. The van der Waals surface area contributed by atoms with Crippen LogP contribution in [0.5, 0.6) is 0 Å². The lowest BCUT2D eigenvalue weighted by Crippen LogP contribution is -2.44. The highest BCUT2D eigenvalue weighted by atomic mass is 16.5. The summed E-state index contributed by atoms with van der Waals surface area (Å²) in [7, 11) is 2.16. The van der Waals surface area contributed by atoms with Crippen LogP contribution in [0.2, 0.25) is 0 Å². The van der Waals surface area contributed by atoms with Crippen LogP contribution < -0.4 is 4.90 Å². The Labute approximate surface area is 175 Å². The molecule has 154 valence electrons. The summed E-state index contributed by atoms with van der Waals surface area (Å²) in [6.45, 7) is 9.98. The van der Waals surface area contributed by atoms with Crippen molar-refractivity contribution in [3.63, 3.8) is 0 Å². The van der Waals surface area contributed by atoms with Gasteiger partial charge in [0.15, 0.2) is 0 Å². The smallest absolute Gasteiger partial charge is 0.203 e. The Hall–Kier alpha value is -3.19. The molecule has 1 aromatic carbocycles. The van der Waals surface area contributed by atoms with E-state index in [9.17, 15) is 0 Å². The first kappa shape index (κ1) is 18.8. The molecule has 1 aliphatic rings. The van der Waals surface area contributed by atoms with Gasteiger partial charge in [0.2, 0.25) is 5.95 Å². The molecular formula is C23H26N6O. The Balaban J connectivity index is 1.71. The Morgan fingerprint density at radius 1 is 1.00 bits per heavy atom. The summed E-state index contributed by atoms with van der Waals surface area (Å²) >= 11 is 0. The third-order valence-electron chi connectivity index (χ3n) is 6.00. The van der Waals surface area contributed by atoms with E-state index in [1.54, 1.807) is 0 Å². The van der Waals surface area contributed by atoms with Crippen LogP contribution in [0, 0.1) is 20.8 Å². The summed E-state index contributed by atoms with van der Waals surface area (Å²) in [5, 5.41) is 4.15. The van der Waals surface area contributed by atoms with Crippen molar-refractivity contribution in [1.29, 1.82) is 0 Å². The molecule has 1 saturated heterocycles. The Kier molecular flexibility index (Phi) is 4.55. The highest BCUT2D eigenvalue weighted by molar-refractivity contribution is 5.97. The van der Waals surface area contributed by atoms with Gasteiger partial charge in [0.1, 0.15) is 5.76 Å². The molecule has 30 heavy (non-hydrogen) atoms. The first-order valence-electron chi connectivity index (χ1n) is 10.3. The van der Waals surface area contributed by atoms with Gasteiger partial charge in [-0.15, -0.1) is 0 Å². The number of pyridine rings is 1. The second kappa shape index (κ2) is 7.25. The van der Waals surface area contributed by atoms with Gasteiger partial charge in [0.25, 0.3) is 0 Å². The predicted octanol–water partition coefficient (Wildman–Crippen LogP) is 3.96. The zero-order chi connectivity index (χ0) is 20.8. The molecule has 0 atom stereocenters. The lowest BCUT2D eigenvalue weighted by atomic mass is 9.96. The van der Waals surface area contributed by atoms with Gasteiger partial charge in [0.05, 0.1) is 16.7 Å². The molecule has 0 saturated carbocycles. The fraction of sp³-hybridized carbons (Fsp3) is 0.348. The number of benzene rings is 1. The summed E-state index contributed by atoms with van der Waals surface area (Å²) < 4.78 is 5.44. The molecule has 7 nitrogen and oxygen atoms in total. The molecule has 1 aliphatic heterocycles. The van der Waals surface area contributed by atoms with Gasteiger partial charge in [-0.25, -0.2) is 4.98 Å². The summed E-state index contributed by atoms with van der Waals surface area (Å²) in [6, 6.07) is 8.43. The minimum absolute atomic E-state index is 0.819. The minimum atomic E-state index is 0.819. The molecule has 1 N–H and O–H groups in total. The molecule has 0 bridgehead atoms. The van der Waals surface area contributed by atoms with E-state index in [2.05, 4.69) is 50.2 Å². The summed E-state index contributed by atoms with van der Waals surface area (Å²) in [6.07, 6.45) is 1.83. The zero-order valence-corrected chi connectivity index (χ0v) is 17.9. The van der Waals surface area contributed by atoms with Gasteiger partial charge in [-0.2, -0.15) is 0 Å². The Morgan fingerprint density at radius 2 is 1.80 bits per heavy atom. The number of aryl methyl sites for hydroxylation is 3. The van der Waals surface area contributed by atoms with E-state index in [0.717, 1.165) is 82.6 Å². The number of aromatic amines is 1. The van der Waals surface area contributed by atoms with Crippen LogP contribution in [0.3, 0.4) is 0 Å². The van der Waals surface area contributed by atoms with Crippen LogP contribution in [0.25, 0.3) is 33.3 Å². The normalized spacial score (nSPS) is 15.3. The van der Waals surface area contributed by atoms with E-state index in [4.69, 9.17) is 9.51 Å². The maximum absolute atomic E-state index is 5.44. The average molecular weight is 403 g/mol. The molecule has 0 aliphatic carbocycles. The average Bonchev–Trinajstić information content (AvgIpc) is 3.31. The van der Waals surface area contributed by atoms with E-state index in [-0.39, 0.29) is 0 Å². The molecular weight excluding hydrogens is 376 g/mol. The van der Waals surface area contributed by atoms with Crippen molar-refractivity contribution in [3.8, 4) is 22.3 Å². The van der Waals surface area contributed by atoms with Gasteiger partial charge >= 0.3 is 0 Å². The van der Waals surface area contributed by atoms with Crippen molar-refractivity contribution in [2.45, 2.75) is 20.8 Å². The van der Waals surface area contributed by atoms with E-state index in [1.807, 2.05) is 33.0 Å². The number of nitrogens with zero attached hydrogens (tertiary/aromatic N) is 5. The van der Waals surface area contributed by atoms with Gasteiger partial charge in [-0.05, 0) is 51.6 Å². The van der Waals surface area contributed by atoms with Crippen molar-refractivity contribution in [2.24, 2.45) is 0 Å². The van der Waals surface area contributed by atoms with Gasteiger partial charge in [-0.3, -0.25) is 4.98 Å². The van der Waals surface area contributed by atoms with Crippen LogP contribution >= 0.6 is 0 Å². The number of hydrogen-bond acceptors (Lipinski definition) is 6. The number of imidazole rings is 1. The van der Waals surface area contributed by atoms with Gasteiger partial charge < -0.3 is 19.3 Å². The highest BCUT2D eigenvalue weighted by Crippen LogP contribution is 2.37. The SMILES string of the molecule is Cc1ncccc1-c1cc(-c2c(C)noc2C)cc2[nH]c(N3CCN(C)CC3)nc12. The number of nitrogens with one attached hydrogen (secondary N) is 1. The Bertz CT molecular complexity index is 1200. The Morgan fingerprint density at radius 3 is 2.50 bits per heavy atom. The fourth-order valence-electron chi connectivity index (χ4n) is 4.29. The van der Waals surface area contributed by atoms with Crippen molar-refractivity contribution in [3.05, 3.63) is 47.6 Å². The molecule has 0 amide bonds. The van der Waals surface area contributed by atoms with E-state index < -0.39 is 0 Å². The maximum atomic E-state index is 5.44. The van der Waals surface area contributed by atoms with Gasteiger partial charge in [-0.1, -0.05) is 11.2 Å². The van der Waals surface area contributed by atoms with Crippen LogP contribution in [0.15, 0.2) is 35.0 Å². The third kappa shape index (κ3) is 3.15. The lowest BCUT2D eigenvalue weighted by molar-refractivity contribution is 0.311. The number of anilines is 1. The minimum Gasteiger partial charge on any atom is -0.361 e. The van der Waals surface area contributed by atoms with Crippen molar-refractivity contribution in [1.82, 2.24) is 25.0 Å². The number of H-pyrrole nitrogens is 1. The van der Waals surface area contributed by atoms with E-state index >= 15 is 0 Å². The molecule has 7 heteroatoms. The first-order valence-corrected chi connectivity index (χ1v) is 10.3. The number of rotatable bonds is 3. The number of aromatic nitrogens is 4. The summed E-state index contributed by atoms with van der Waals surface area (Å²) in [4.78, 5) is 17.8. The molecule has 1 fully saturated rings. The largest absolute Gasteiger partial charge is 0.361 e. The van der Waals surface area contributed by atoms with Crippen LogP contribution in [-0.2, 0) is 0 Å². The third-order valence-corrected chi connectivity index (χ3v) is 6.00. The summed E-state index contributed by atoms with van der Waals surface area (Å²) in [5.74, 6) is 1.75. The van der Waals surface area contributed by atoms with Crippen molar-refractivity contribution < 1.29 is 4.52 Å². The maximum Gasteiger partial charge on any atom is 0.203 e. The van der Waals surface area contributed by atoms with E-state index in [0.29, 0.717) is 0 Å².